The van der Waals surface area contributed by atoms with Gasteiger partial charge < -0.3 is 19.3 Å². The van der Waals surface area contributed by atoms with Crippen molar-refractivity contribution in [3.05, 3.63) is 112 Å². The minimum atomic E-state index is -0.969. The summed E-state index contributed by atoms with van der Waals surface area (Å²) in [6, 6.07) is 19.8. The number of ketones is 1. The molecular weight excluding hydrogens is 532 g/mol. The lowest BCUT2D eigenvalue weighted by Crippen LogP contribution is -2.29. The van der Waals surface area contributed by atoms with E-state index in [1.807, 2.05) is 31.2 Å². The minimum Gasteiger partial charge on any atom is -0.507 e. The van der Waals surface area contributed by atoms with Crippen molar-refractivity contribution < 1.29 is 28.9 Å². The molecule has 9 heteroatoms. The van der Waals surface area contributed by atoms with E-state index >= 15 is 0 Å². The smallest absolute Gasteiger partial charge is 0.300 e. The zero-order valence-corrected chi connectivity index (χ0v) is 22.7. The van der Waals surface area contributed by atoms with Gasteiger partial charge in [0, 0.05) is 24.1 Å². The fourth-order valence-electron chi connectivity index (χ4n) is 4.63. The predicted octanol–water partition coefficient (Wildman–Crippen LogP) is 6.48. The van der Waals surface area contributed by atoms with Gasteiger partial charge >= 0.3 is 0 Å². The van der Waals surface area contributed by atoms with E-state index in [-0.39, 0.29) is 27.7 Å². The maximum absolute atomic E-state index is 13.5. The Kier molecular flexibility index (Phi) is 7.44. The van der Waals surface area contributed by atoms with Crippen LogP contribution in [0.2, 0.25) is 5.02 Å². The molecule has 1 aromatic heterocycles. The maximum atomic E-state index is 13.5. The molecule has 0 aliphatic carbocycles. The number of ether oxygens (including phenoxy) is 3. The van der Waals surface area contributed by atoms with Crippen molar-refractivity contribution in [3.8, 4) is 23.0 Å². The second-order valence-corrected chi connectivity index (χ2v) is 9.46. The largest absolute Gasteiger partial charge is 0.507 e. The second kappa shape index (κ2) is 11.1. The highest BCUT2D eigenvalue weighted by Crippen LogP contribution is 2.45. The molecule has 1 saturated heterocycles. The number of benzene rings is 3. The number of hydrogen-bond acceptors (Lipinski definition) is 7. The van der Waals surface area contributed by atoms with E-state index in [1.54, 1.807) is 48.8 Å². The fraction of sp³-hybridized carbons (Fsp3) is 0.129. The molecule has 0 saturated carbocycles. The molecular formula is C31H25ClN2O6. The molecule has 202 valence electrons. The van der Waals surface area contributed by atoms with E-state index in [0.29, 0.717) is 22.7 Å². The highest BCUT2D eigenvalue weighted by molar-refractivity contribution is 6.51. The van der Waals surface area contributed by atoms with Crippen molar-refractivity contribution in [1.29, 1.82) is 0 Å². The van der Waals surface area contributed by atoms with Crippen LogP contribution in [0.4, 0.5) is 5.69 Å². The van der Waals surface area contributed by atoms with Gasteiger partial charge in [0.15, 0.2) is 0 Å². The van der Waals surface area contributed by atoms with E-state index in [2.05, 4.69) is 4.98 Å². The number of aliphatic hydroxyl groups is 1. The molecule has 1 amide bonds. The Bertz CT molecular complexity index is 1620. The molecule has 40 heavy (non-hydrogen) atoms. The van der Waals surface area contributed by atoms with Crippen molar-refractivity contribution in [2.45, 2.75) is 13.0 Å². The number of aryl methyl sites for hydroxylation is 1. The van der Waals surface area contributed by atoms with Gasteiger partial charge in [-0.25, -0.2) is 0 Å². The van der Waals surface area contributed by atoms with E-state index in [1.165, 1.54) is 31.3 Å². The molecule has 1 aliphatic rings. The summed E-state index contributed by atoms with van der Waals surface area (Å²) in [7, 11) is 2.84. The zero-order valence-electron chi connectivity index (χ0n) is 21.9. The third kappa shape index (κ3) is 4.97. The number of halogens is 1. The zero-order chi connectivity index (χ0) is 28.4. The number of aliphatic hydroxyl groups excluding tert-OH is 1. The van der Waals surface area contributed by atoms with Gasteiger partial charge in [-0.15, -0.1) is 0 Å². The number of aromatic nitrogens is 1. The first-order valence-electron chi connectivity index (χ1n) is 12.3. The van der Waals surface area contributed by atoms with Crippen LogP contribution in [0.15, 0.2) is 90.8 Å². The maximum Gasteiger partial charge on any atom is 0.300 e. The molecule has 1 fully saturated rings. The number of rotatable bonds is 7. The van der Waals surface area contributed by atoms with Gasteiger partial charge in [0.05, 0.1) is 36.4 Å². The van der Waals surface area contributed by atoms with E-state index in [0.717, 1.165) is 5.56 Å². The lowest BCUT2D eigenvalue weighted by atomic mass is 9.95. The third-order valence-electron chi connectivity index (χ3n) is 6.51. The van der Waals surface area contributed by atoms with Crippen molar-refractivity contribution in [2.24, 2.45) is 0 Å². The summed E-state index contributed by atoms with van der Waals surface area (Å²) in [4.78, 5) is 32.5. The number of methoxy groups -OCH3 is 2. The van der Waals surface area contributed by atoms with Crippen LogP contribution >= 0.6 is 11.6 Å². The summed E-state index contributed by atoms with van der Waals surface area (Å²) in [5.74, 6) is -0.388. The summed E-state index contributed by atoms with van der Waals surface area (Å²) in [5.41, 5.74) is 2.05. The quantitative estimate of drug-likeness (QED) is 0.158. The highest BCUT2D eigenvalue weighted by atomic mass is 35.5. The van der Waals surface area contributed by atoms with E-state index < -0.39 is 23.5 Å². The number of Topliss-reactive ketones (excluding diaryl/α,β-unsaturated/α-hetero) is 1. The molecule has 8 nitrogen and oxygen atoms in total. The average molecular weight is 557 g/mol. The number of amides is 1. The lowest BCUT2D eigenvalue weighted by Gasteiger charge is -2.25. The van der Waals surface area contributed by atoms with Crippen LogP contribution in [0.25, 0.3) is 5.76 Å². The second-order valence-electron chi connectivity index (χ2n) is 9.05. The Morgan fingerprint density at radius 1 is 0.925 bits per heavy atom. The van der Waals surface area contributed by atoms with Crippen LogP contribution in [0.1, 0.15) is 22.7 Å². The molecule has 1 atom stereocenters. The summed E-state index contributed by atoms with van der Waals surface area (Å²) in [6.07, 6.45) is 3.13. The molecule has 4 aromatic rings. The summed E-state index contributed by atoms with van der Waals surface area (Å²) in [6.45, 7) is 1.97. The Balaban J connectivity index is 1.61. The summed E-state index contributed by atoms with van der Waals surface area (Å²) >= 11 is 6.25. The SMILES string of the molecule is COc1cc(/C(O)=C2\C(=O)C(=O)N(c3ccc(Oc4cccc(C)c4)cc3)C2c2cccnc2)c(OC)cc1Cl. The van der Waals surface area contributed by atoms with Crippen molar-refractivity contribution in [1.82, 2.24) is 4.98 Å². The van der Waals surface area contributed by atoms with Crippen LogP contribution in [0, 0.1) is 6.92 Å². The number of anilines is 1. The monoisotopic (exact) mass is 556 g/mol. The van der Waals surface area contributed by atoms with E-state index in [4.69, 9.17) is 25.8 Å². The van der Waals surface area contributed by atoms with Gasteiger partial charge in [-0.05, 0) is 66.6 Å². The molecule has 0 bridgehead atoms. The van der Waals surface area contributed by atoms with Gasteiger partial charge in [0.1, 0.15) is 28.8 Å². The molecule has 2 heterocycles. The predicted molar refractivity (Wildman–Crippen MR) is 151 cm³/mol. The fourth-order valence-corrected chi connectivity index (χ4v) is 4.86. The molecule has 1 unspecified atom stereocenters. The molecule has 1 N–H and O–H groups in total. The molecule has 5 rings (SSSR count). The first kappa shape index (κ1) is 26.8. The Labute approximate surface area is 236 Å². The molecule has 0 spiro atoms. The van der Waals surface area contributed by atoms with Gasteiger partial charge in [0.2, 0.25) is 0 Å². The van der Waals surface area contributed by atoms with Crippen LogP contribution in [0.3, 0.4) is 0 Å². The van der Waals surface area contributed by atoms with E-state index in [9.17, 15) is 14.7 Å². The van der Waals surface area contributed by atoms with Crippen LogP contribution in [-0.2, 0) is 9.59 Å². The highest BCUT2D eigenvalue weighted by Gasteiger charge is 2.47. The van der Waals surface area contributed by atoms with Gasteiger partial charge in [-0.1, -0.05) is 29.8 Å². The van der Waals surface area contributed by atoms with Gasteiger partial charge in [0.25, 0.3) is 11.7 Å². The minimum absolute atomic E-state index is 0.124. The van der Waals surface area contributed by atoms with Crippen molar-refractivity contribution >= 4 is 34.7 Å². The van der Waals surface area contributed by atoms with Gasteiger partial charge in [-0.3, -0.25) is 19.5 Å². The number of nitrogens with zero attached hydrogens (tertiary/aromatic N) is 2. The third-order valence-corrected chi connectivity index (χ3v) is 6.81. The lowest BCUT2D eigenvalue weighted by molar-refractivity contribution is -0.132. The van der Waals surface area contributed by atoms with Gasteiger partial charge in [-0.2, -0.15) is 0 Å². The average Bonchev–Trinajstić information content (AvgIpc) is 3.23. The summed E-state index contributed by atoms with van der Waals surface area (Å²) < 4.78 is 16.7. The number of carbonyl (C=O) groups is 2. The number of hydrogen-bond donors (Lipinski definition) is 1. The first-order valence-corrected chi connectivity index (χ1v) is 12.7. The standard InChI is InChI=1S/C31H25ClN2O6/c1-18-6-4-8-22(14-18)40-21-11-9-20(10-12-21)34-28(19-7-5-13-33-17-19)27(30(36)31(34)37)29(35)23-15-26(39-3)24(32)16-25(23)38-2/h4-17,28,35H,1-3H3/b29-27+. The Morgan fingerprint density at radius 3 is 2.33 bits per heavy atom. The molecule has 1 aliphatic heterocycles. The molecule has 0 radical (unpaired) electrons. The number of carbonyl (C=O) groups excluding carboxylic acids is 2. The molecule has 3 aromatic carbocycles. The topological polar surface area (TPSA) is 98.2 Å². The van der Waals surface area contributed by atoms with Crippen LogP contribution in [0.5, 0.6) is 23.0 Å². The van der Waals surface area contributed by atoms with Crippen molar-refractivity contribution in [2.75, 3.05) is 19.1 Å². The number of pyridine rings is 1. The first-order chi connectivity index (χ1) is 19.3. The summed E-state index contributed by atoms with van der Waals surface area (Å²) in [5, 5.41) is 11.8. The normalized spacial score (nSPS) is 16.2. The van der Waals surface area contributed by atoms with Crippen LogP contribution in [-0.4, -0.2) is 36.0 Å². The van der Waals surface area contributed by atoms with Crippen LogP contribution < -0.4 is 19.1 Å². The Morgan fingerprint density at radius 2 is 1.68 bits per heavy atom. The van der Waals surface area contributed by atoms with Crippen molar-refractivity contribution in [3.63, 3.8) is 0 Å². The Hall–Kier alpha value is -4.82.